The van der Waals surface area contributed by atoms with Crippen LogP contribution >= 0.6 is 0 Å². The van der Waals surface area contributed by atoms with E-state index in [9.17, 15) is 22.8 Å². The maximum atomic E-state index is 13.5. The van der Waals surface area contributed by atoms with Crippen molar-refractivity contribution in [2.75, 3.05) is 18.5 Å². The Bertz CT molecular complexity index is 1040. The smallest absolute Gasteiger partial charge is 0.258 e. The predicted octanol–water partition coefficient (Wildman–Crippen LogP) is 2.79. The number of carbonyl (C=O) groups is 2. The number of nitrogens with zero attached hydrogens (tertiary/aromatic N) is 1. The van der Waals surface area contributed by atoms with Gasteiger partial charge in [-0.05, 0) is 24.3 Å². The van der Waals surface area contributed by atoms with Crippen LogP contribution in [0.5, 0.6) is 5.75 Å². The number of pyridine rings is 1. The summed E-state index contributed by atoms with van der Waals surface area (Å²) < 4.78 is 44.9. The standard InChI is InChI=1S/C19H14F3N3O3/c20-12-6-7-13(18(22)17(12)21)25-15(26)9-24-16(27)10-28-14-5-1-3-11-4-2-8-23-19(11)14/h1-8H,9-10H2,(H,24,27)(H,25,26). The van der Waals surface area contributed by atoms with Gasteiger partial charge in [-0.15, -0.1) is 0 Å². The van der Waals surface area contributed by atoms with E-state index in [-0.39, 0.29) is 6.61 Å². The fourth-order valence-electron chi connectivity index (χ4n) is 2.38. The van der Waals surface area contributed by atoms with E-state index in [4.69, 9.17) is 4.74 Å². The molecule has 28 heavy (non-hydrogen) atoms. The molecule has 0 fully saturated rings. The zero-order valence-corrected chi connectivity index (χ0v) is 14.3. The van der Waals surface area contributed by atoms with Gasteiger partial charge in [-0.2, -0.15) is 0 Å². The zero-order chi connectivity index (χ0) is 20.1. The van der Waals surface area contributed by atoms with Gasteiger partial charge in [0.1, 0.15) is 11.3 Å². The number of hydrogen-bond acceptors (Lipinski definition) is 4. The molecule has 3 rings (SSSR count). The van der Waals surface area contributed by atoms with Crippen molar-refractivity contribution in [1.82, 2.24) is 10.3 Å². The van der Waals surface area contributed by atoms with Crippen molar-refractivity contribution in [2.24, 2.45) is 0 Å². The van der Waals surface area contributed by atoms with E-state index in [1.807, 2.05) is 17.4 Å². The van der Waals surface area contributed by atoms with Crippen LogP contribution in [0.25, 0.3) is 10.9 Å². The molecule has 0 atom stereocenters. The number of hydrogen-bond donors (Lipinski definition) is 2. The molecular weight excluding hydrogens is 375 g/mol. The lowest BCUT2D eigenvalue weighted by molar-refractivity contribution is -0.125. The van der Waals surface area contributed by atoms with Gasteiger partial charge in [-0.1, -0.05) is 18.2 Å². The topological polar surface area (TPSA) is 80.3 Å². The third kappa shape index (κ3) is 4.37. The van der Waals surface area contributed by atoms with E-state index in [1.54, 1.807) is 24.4 Å². The van der Waals surface area contributed by atoms with E-state index in [2.05, 4.69) is 10.3 Å². The monoisotopic (exact) mass is 389 g/mol. The predicted molar refractivity (Wildman–Crippen MR) is 95.2 cm³/mol. The minimum absolute atomic E-state index is 0.373. The minimum Gasteiger partial charge on any atom is -0.481 e. The van der Waals surface area contributed by atoms with Crippen LogP contribution in [0.4, 0.5) is 18.9 Å². The van der Waals surface area contributed by atoms with Crippen molar-refractivity contribution in [1.29, 1.82) is 0 Å². The second-order valence-electron chi connectivity index (χ2n) is 5.67. The van der Waals surface area contributed by atoms with E-state index < -0.39 is 41.5 Å². The fourth-order valence-corrected chi connectivity index (χ4v) is 2.38. The first-order chi connectivity index (χ1) is 13.5. The van der Waals surface area contributed by atoms with Gasteiger partial charge in [0.15, 0.2) is 24.1 Å². The average Bonchev–Trinajstić information content (AvgIpc) is 2.71. The lowest BCUT2D eigenvalue weighted by atomic mass is 10.2. The van der Waals surface area contributed by atoms with Crippen molar-refractivity contribution in [3.8, 4) is 5.75 Å². The van der Waals surface area contributed by atoms with Crippen LogP contribution in [-0.4, -0.2) is 29.9 Å². The maximum absolute atomic E-state index is 13.5. The molecule has 1 heterocycles. The molecule has 6 nitrogen and oxygen atoms in total. The Morgan fingerprint density at radius 1 is 0.964 bits per heavy atom. The summed E-state index contributed by atoms with van der Waals surface area (Å²) in [6.07, 6.45) is 1.59. The van der Waals surface area contributed by atoms with Crippen molar-refractivity contribution in [2.45, 2.75) is 0 Å². The number of anilines is 1. The Balaban J connectivity index is 1.51. The average molecular weight is 389 g/mol. The molecule has 2 N–H and O–H groups in total. The molecule has 0 unspecified atom stereocenters. The highest BCUT2D eigenvalue weighted by Crippen LogP contribution is 2.22. The highest BCUT2D eigenvalue weighted by Gasteiger charge is 2.15. The molecule has 2 aromatic carbocycles. The van der Waals surface area contributed by atoms with E-state index in [0.29, 0.717) is 17.3 Å². The summed E-state index contributed by atoms with van der Waals surface area (Å²) in [5.41, 5.74) is 0.0561. The Labute approximate surface area is 157 Å². The number of halogens is 3. The summed E-state index contributed by atoms with van der Waals surface area (Å²) in [5, 5.41) is 5.17. The first-order valence-electron chi connectivity index (χ1n) is 8.12. The molecule has 0 saturated carbocycles. The molecule has 0 bridgehead atoms. The molecule has 144 valence electrons. The van der Waals surface area contributed by atoms with Crippen LogP contribution in [0.15, 0.2) is 48.7 Å². The fraction of sp³-hybridized carbons (Fsp3) is 0.105. The van der Waals surface area contributed by atoms with Gasteiger partial charge in [0.05, 0.1) is 12.2 Å². The van der Waals surface area contributed by atoms with Gasteiger partial charge in [0.25, 0.3) is 5.91 Å². The van der Waals surface area contributed by atoms with E-state index >= 15 is 0 Å². The molecule has 0 aliphatic heterocycles. The largest absolute Gasteiger partial charge is 0.481 e. The maximum Gasteiger partial charge on any atom is 0.258 e. The number of rotatable bonds is 6. The summed E-state index contributed by atoms with van der Waals surface area (Å²) in [4.78, 5) is 27.8. The first-order valence-corrected chi connectivity index (χ1v) is 8.12. The summed E-state index contributed by atoms with van der Waals surface area (Å²) in [7, 11) is 0. The summed E-state index contributed by atoms with van der Waals surface area (Å²) >= 11 is 0. The van der Waals surface area contributed by atoms with Crippen molar-refractivity contribution < 1.29 is 27.5 Å². The number of benzene rings is 2. The highest BCUT2D eigenvalue weighted by atomic mass is 19.2. The van der Waals surface area contributed by atoms with Crippen molar-refractivity contribution >= 4 is 28.4 Å². The van der Waals surface area contributed by atoms with Crippen LogP contribution in [0, 0.1) is 17.5 Å². The molecule has 0 radical (unpaired) electrons. The molecule has 1 aromatic heterocycles. The molecule has 2 amide bonds. The number of carbonyl (C=O) groups excluding carboxylic acids is 2. The van der Waals surface area contributed by atoms with E-state index in [1.165, 1.54) is 0 Å². The van der Waals surface area contributed by atoms with Gasteiger partial charge in [-0.25, -0.2) is 13.2 Å². The molecule has 0 spiro atoms. The third-order valence-corrected chi connectivity index (χ3v) is 3.71. The number of amides is 2. The quantitative estimate of drug-likeness (QED) is 0.636. The third-order valence-electron chi connectivity index (χ3n) is 3.71. The molecule has 0 aliphatic rings. The van der Waals surface area contributed by atoms with Crippen LogP contribution < -0.4 is 15.4 Å². The minimum atomic E-state index is -1.70. The SMILES string of the molecule is O=C(COc1cccc2cccnc12)NCC(=O)Nc1ccc(F)c(F)c1F. The molecule has 3 aromatic rings. The zero-order valence-electron chi connectivity index (χ0n) is 14.3. The van der Waals surface area contributed by atoms with Crippen LogP contribution in [0.1, 0.15) is 0 Å². The van der Waals surface area contributed by atoms with Gasteiger partial charge in [-0.3, -0.25) is 14.6 Å². The lowest BCUT2D eigenvalue weighted by Crippen LogP contribution is -2.36. The number of fused-ring (bicyclic) bond motifs is 1. The first kappa shape index (κ1) is 19.2. The highest BCUT2D eigenvalue weighted by molar-refractivity contribution is 5.94. The Morgan fingerprint density at radius 2 is 1.75 bits per heavy atom. The Kier molecular flexibility index (Phi) is 5.73. The summed E-state index contributed by atoms with van der Waals surface area (Å²) in [6, 6.07) is 10.4. The molecule has 0 saturated heterocycles. The number of nitrogens with one attached hydrogen (secondary N) is 2. The summed E-state index contributed by atoms with van der Waals surface area (Å²) in [5.74, 6) is -5.60. The van der Waals surface area contributed by atoms with Gasteiger partial charge in [0, 0.05) is 11.6 Å². The van der Waals surface area contributed by atoms with Crippen LogP contribution in [-0.2, 0) is 9.59 Å². The second-order valence-corrected chi connectivity index (χ2v) is 5.67. The second kappa shape index (κ2) is 8.38. The van der Waals surface area contributed by atoms with Gasteiger partial charge in [0.2, 0.25) is 5.91 Å². The van der Waals surface area contributed by atoms with Crippen molar-refractivity contribution in [3.05, 3.63) is 66.1 Å². The Morgan fingerprint density at radius 3 is 2.57 bits per heavy atom. The van der Waals surface area contributed by atoms with Crippen LogP contribution in [0.3, 0.4) is 0 Å². The normalized spacial score (nSPS) is 10.5. The molecule has 9 heteroatoms. The van der Waals surface area contributed by atoms with Gasteiger partial charge >= 0.3 is 0 Å². The summed E-state index contributed by atoms with van der Waals surface area (Å²) in [6.45, 7) is -0.878. The van der Waals surface area contributed by atoms with Crippen molar-refractivity contribution in [3.63, 3.8) is 0 Å². The molecular formula is C19H14F3N3O3. The Hall–Kier alpha value is -3.62. The number of ether oxygens (including phenoxy) is 1. The molecule has 0 aliphatic carbocycles. The van der Waals surface area contributed by atoms with E-state index in [0.717, 1.165) is 11.5 Å². The lowest BCUT2D eigenvalue weighted by Gasteiger charge is -2.10. The van der Waals surface area contributed by atoms with Crippen LogP contribution in [0.2, 0.25) is 0 Å². The number of aromatic nitrogens is 1. The van der Waals surface area contributed by atoms with Gasteiger partial charge < -0.3 is 15.4 Å². The number of para-hydroxylation sites is 1.